The molecule has 0 bridgehead atoms. The maximum atomic E-state index is 11.5. The molecule has 5 heteroatoms. The average Bonchev–Trinajstić information content (AvgIpc) is 2.53. The van der Waals surface area contributed by atoms with Gasteiger partial charge in [-0.2, -0.15) is 0 Å². The number of carbonyl (C=O) groups is 2. The van der Waals surface area contributed by atoms with Gasteiger partial charge in [-0.05, 0) is 23.6 Å². The summed E-state index contributed by atoms with van der Waals surface area (Å²) >= 11 is 5.44. The number of primary amides is 1. The van der Waals surface area contributed by atoms with E-state index in [2.05, 4.69) is 5.32 Å². The predicted molar refractivity (Wildman–Crippen MR) is 87.4 cm³/mol. The monoisotopic (exact) mass is 316 g/mol. The van der Waals surface area contributed by atoms with E-state index in [1.807, 2.05) is 43.3 Å². The molecular formula is C17H17ClN2O2. The van der Waals surface area contributed by atoms with Gasteiger partial charge in [0.15, 0.2) is 0 Å². The summed E-state index contributed by atoms with van der Waals surface area (Å²) in [4.78, 5) is 22.9. The van der Waals surface area contributed by atoms with Crippen LogP contribution in [0.3, 0.4) is 0 Å². The Morgan fingerprint density at radius 3 is 2.00 bits per heavy atom. The van der Waals surface area contributed by atoms with Crippen LogP contribution in [0.15, 0.2) is 48.5 Å². The van der Waals surface area contributed by atoms with Gasteiger partial charge in [0, 0.05) is 0 Å². The van der Waals surface area contributed by atoms with E-state index in [4.69, 9.17) is 17.3 Å². The quantitative estimate of drug-likeness (QED) is 0.832. The van der Waals surface area contributed by atoms with Crippen molar-refractivity contribution in [2.75, 3.05) is 5.88 Å². The van der Waals surface area contributed by atoms with Gasteiger partial charge in [-0.1, -0.05) is 54.1 Å². The minimum atomic E-state index is -0.877. The molecule has 0 aliphatic heterocycles. The van der Waals surface area contributed by atoms with Gasteiger partial charge in [0.25, 0.3) is 0 Å². The Morgan fingerprint density at radius 1 is 1.05 bits per heavy atom. The first-order chi connectivity index (χ1) is 10.5. The van der Waals surface area contributed by atoms with E-state index in [9.17, 15) is 9.59 Å². The van der Waals surface area contributed by atoms with Crippen molar-refractivity contribution in [3.05, 3.63) is 59.7 Å². The molecule has 1 atom stereocenters. The number of amides is 2. The summed E-state index contributed by atoms with van der Waals surface area (Å²) in [5, 5.41) is 2.50. The molecule has 3 N–H and O–H groups in total. The van der Waals surface area contributed by atoms with Gasteiger partial charge >= 0.3 is 0 Å². The SMILES string of the molecule is Cc1ccc(-c2ccc(C(NC(=O)CCl)C(N)=O)cc2)cc1. The van der Waals surface area contributed by atoms with Crippen molar-refractivity contribution in [2.24, 2.45) is 5.73 Å². The third kappa shape index (κ3) is 3.86. The van der Waals surface area contributed by atoms with Crippen LogP contribution in [0, 0.1) is 6.92 Å². The van der Waals surface area contributed by atoms with Gasteiger partial charge in [0.05, 0.1) is 0 Å². The zero-order valence-corrected chi connectivity index (χ0v) is 12.9. The molecule has 4 nitrogen and oxygen atoms in total. The highest BCUT2D eigenvalue weighted by atomic mass is 35.5. The van der Waals surface area contributed by atoms with Crippen LogP contribution in [-0.4, -0.2) is 17.7 Å². The molecule has 1 unspecified atom stereocenters. The van der Waals surface area contributed by atoms with Crippen molar-refractivity contribution in [3.63, 3.8) is 0 Å². The maximum absolute atomic E-state index is 11.5. The second kappa shape index (κ2) is 7.09. The summed E-state index contributed by atoms with van der Waals surface area (Å²) in [6, 6.07) is 14.6. The number of aryl methyl sites for hydroxylation is 1. The lowest BCUT2D eigenvalue weighted by molar-refractivity contribution is -0.126. The summed E-state index contributed by atoms with van der Waals surface area (Å²) < 4.78 is 0. The number of rotatable bonds is 5. The van der Waals surface area contributed by atoms with Crippen LogP contribution in [0.1, 0.15) is 17.2 Å². The second-order valence-electron chi connectivity index (χ2n) is 5.02. The Hall–Kier alpha value is -2.33. The normalized spacial score (nSPS) is 11.7. The Morgan fingerprint density at radius 2 is 1.55 bits per heavy atom. The zero-order chi connectivity index (χ0) is 16.1. The fourth-order valence-corrected chi connectivity index (χ4v) is 2.21. The molecule has 2 aromatic carbocycles. The molecule has 22 heavy (non-hydrogen) atoms. The Labute approximate surface area is 134 Å². The molecule has 2 aromatic rings. The first kappa shape index (κ1) is 16.0. The van der Waals surface area contributed by atoms with Gasteiger partial charge in [0.1, 0.15) is 11.9 Å². The number of nitrogens with two attached hydrogens (primary N) is 1. The van der Waals surface area contributed by atoms with Gasteiger partial charge < -0.3 is 11.1 Å². The molecule has 0 spiro atoms. The van der Waals surface area contributed by atoms with Gasteiger partial charge in [-0.25, -0.2) is 0 Å². The van der Waals surface area contributed by atoms with Crippen molar-refractivity contribution < 1.29 is 9.59 Å². The van der Waals surface area contributed by atoms with Crippen LogP contribution >= 0.6 is 11.6 Å². The van der Waals surface area contributed by atoms with Crippen LogP contribution in [0.5, 0.6) is 0 Å². The topological polar surface area (TPSA) is 72.2 Å². The smallest absolute Gasteiger partial charge is 0.244 e. The Kier molecular flexibility index (Phi) is 5.17. The third-order valence-corrected chi connectivity index (χ3v) is 3.58. The molecule has 0 aliphatic carbocycles. The number of halogens is 1. The highest BCUT2D eigenvalue weighted by molar-refractivity contribution is 6.27. The first-order valence-corrected chi connectivity index (χ1v) is 7.36. The van der Waals surface area contributed by atoms with Crippen LogP contribution < -0.4 is 11.1 Å². The minimum Gasteiger partial charge on any atom is -0.368 e. The standard InChI is InChI=1S/C17H17ClN2O2/c1-11-2-4-12(5-3-11)13-6-8-14(9-7-13)16(17(19)22)20-15(21)10-18/h2-9,16H,10H2,1H3,(H2,19,22)(H,20,21). The summed E-state index contributed by atoms with van der Waals surface area (Å²) in [5.74, 6) is -1.28. The Balaban J connectivity index is 2.24. The first-order valence-electron chi connectivity index (χ1n) is 6.83. The number of alkyl halides is 1. The van der Waals surface area contributed by atoms with E-state index in [0.717, 1.165) is 11.1 Å². The maximum Gasteiger partial charge on any atom is 0.244 e. The molecule has 114 valence electrons. The van der Waals surface area contributed by atoms with Gasteiger partial charge in [0.2, 0.25) is 11.8 Å². The highest BCUT2D eigenvalue weighted by Gasteiger charge is 2.19. The molecule has 0 aromatic heterocycles. The molecule has 0 saturated heterocycles. The van der Waals surface area contributed by atoms with Gasteiger partial charge in [-0.15, -0.1) is 11.6 Å². The summed E-state index contributed by atoms with van der Waals surface area (Å²) in [7, 11) is 0. The van der Waals surface area contributed by atoms with E-state index in [0.29, 0.717) is 5.56 Å². The molecule has 0 heterocycles. The molecule has 0 aliphatic rings. The predicted octanol–water partition coefficient (Wildman–Crippen LogP) is 2.54. The second-order valence-corrected chi connectivity index (χ2v) is 5.29. The van der Waals surface area contributed by atoms with Crippen LogP contribution in [-0.2, 0) is 9.59 Å². The van der Waals surface area contributed by atoms with E-state index >= 15 is 0 Å². The lowest BCUT2D eigenvalue weighted by Gasteiger charge is -2.15. The van der Waals surface area contributed by atoms with Crippen molar-refractivity contribution in [3.8, 4) is 11.1 Å². The highest BCUT2D eigenvalue weighted by Crippen LogP contribution is 2.22. The van der Waals surface area contributed by atoms with Crippen molar-refractivity contribution in [1.82, 2.24) is 5.32 Å². The lowest BCUT2D eigenvalue weighted by Crippen LogP contribution is -2.38. The lowest BCUT2D eigenvalue weighted by atomic mass is 10.00. The number of hydrogen-bond acceptors (Lipinski definition) is 2. The third-order valence-electron chi connectivity index (χ3n) is 3.34. The molecule has 0 radical (unpaired) electrons. The van der Waals surface area contributed by atoms with E-state index < -0.39 is 17.9 Å². The van der Waals surface area contributed by atoms with E-state index in [-0.39, 0.29) is 5.88 Å². The number of nitrogens with one attached hydrogen (secondary N) is 1. The average molecular weight is 317 g/mol. The summed E-state index contributed by atoms with van der Waals surface area (Å²) in [6.45, 7) is 2.03. The van der Waals surface area contributed by atoms with Gasteiger partial charge in [-0.3, -0.25) is 9.59 Å². The van der Waals surface area contributed by atoms with Crippen LogP contribution in [0.2, 0.25) is 0 Å². The number of carbonyl (C=O) groups excluding carboxylic acids is 2. The molecule has 0 fully saturated rings. The molecule has 2 amide bonds. The number of benzene rings is 2. The fourth-order valence-electron chi connectivity index (χ4n) is 2.13. The summed E-state index contributed by atoms with van der Waals surface area (Å²) in [6.07, 6.45) is 0. The largest absolute Gasteiger partial charge is 0.368 e. The van der Waals surface area contributed by atoms with Crippen LogP contribution in [0.25, 0.3) is 11.1 Å². The van der Waals surface area contributed by atoms with E-state index in [1.165, 1.54) is 5.56 Å². The zero-order valence-electron chi connectivity index (χ0n) is 12.2. The van der Waals surface area contributed by atoms with Crippen molar-refractivity contribution in [2.45, 2.75) is 13.0 Å². The molecular weight excluding hydrogens is 300 g/mol. The molecule has 0 saturated carbocycles. The van der Waals surface area contributed by atoms with Crippen molar-refractivity contribution >= 4 is 23.4 Å². The number of hydrogen-bond donors (Lipinski definition) is 2. The fraction of sp³-hybridized carbons (Fsp3) is 0.176. The van der Waals surface area contributed by atoms with Crippen molar-refractivity contribution in [1.29, 1.82) is 0 Å². The minimum absolute atomic E-state index is 0.217. The van der Waals surface area contributed by atoms with E-state index in [1.54, 1.807) is 12.1 Å². The Bertz CT molecular complexity index is 666. The summed E-state index contributed by atoms with van der Waals surface area (Å²) in [5.41, 5.74) is 9.26. The van der Waals surface area contributed by atoms with Crippen LogP contribution in [0.4, 0.5) is 0 Å². The molecule has 2 rings (SSSR count).